The van der Waals surface area contributed by atoms with Crippen molar-refractivity contribution in [2.75, 3.05) is 6.54 Å². The second-order valence-corrected chi connectivity index (χ2v) is 7.36. The maximum Gasteiger partial charge on any atom is 0.303 e. The summed E-state index contributed by atoms with van der Waals surface area (Å²) in [6, 6.07) is 17.7. The third-order valence-corrected chi connectivity index (χ3v) is 4.92. The summed E-state index contributed by atoms with van der Waals surface area (Å²) in [4.78, 5) is 36.1. The van der Waals surface area contributed by atoms with E-state index in [0.717, 1.165) is 10.9 Å². The van der Waals surface area contributed by atoms with E-state index in [9.17, 15) is 14.4 Å². The Morgan fingerprint density at radius 3 is 2.42 bits per heavy atom. The van der Waals surface area contributed by atoms with Crippen LogP contribution in [0.1, 0.15) is 41.8 Å². The van der Waals surface area contributed by atoms with E-state index in [1.54, 1.807) is 12.1 Å². The molecule has 0 aliphatic carbocycles. The van der Waals surface area contributed by atoms with E-state index in [-0.39, 0.29) is 18.1 Å². The standard InChI is InChI=1S/C24H26N2O5/c27-22(28)13-5-2-8-14-25-23(29)19(15-17-9-3-1-4-10-17)26-24(30)21-16-18-11-6-7-12-20(18)31-21/h1,3-4,6-7,9-12,16,19H,2,5,8,13-15H2,(H,25,29)(H,26,30)(H,27,28)/t19-/m0/s1. The predicted molar refractivity (Wildman–Crippen MR) is 117 cm³/mol. The lowest BCUT2D eigenvalue weighted by Crippen LogP contribution is -2.48. The Bertz CT molecular complexity index is 996. The number of carbonyl (C=O) groups excluding carboxylic acids is 2. The van der Waals surface area contributed by atoms with E-state index in [2.05, 4.69) is 10.6 Å². The molecule has 1 atom stereocenters. The first-order chi connectivity index (χ1) is 15.0. The van der Waals surface area contributed by atoms with Gasteiger partial charge in [-0.25, -0.2) is 0 Å². The molecule has 0 unspecified atom stereocenters. The van der Waals surface area contributed by atoms with Gasteiger partial charge in [0.15, 0.2) is 5.76 Å². The van der Waals surface area contributed by atoms with Crippen LogP contribution in [0.3, 0.4) is 0 Å². The molecular weight excluding hydrogens is 396 g/mol. The molecule has 3 rings (SSSR count). The van der Waals surface area contributed by atoms with Gasteiger partial charge in [0, 0.05) is 24.8 Å². The molecule has 2 aromatic carbocycles. The topological polar surface area (TPSA) is 109 Å². The van der Waals surface area contributed by atoms with Crippen LogP contribution in [0.2, 0.25) is 0 Å². The van der Waals surface area contributed by atoms with Crippen molar-refractivity contribution in [3.05, 3.63) is 72.0 Å². The summed E-state index contributed by atoms with van der Waals surface area (Å²) in [5.41, 5.74) is 1.53. The van der Waals surface area contributed by atoms with Gasteiger partial charge < -0.3 is 20.2 Å². The zero-order chi connectivity index (χ0) is 22.1. The van der Waals surface area contributed by atoms with E-state index in [4.69, 9.17) is 9.52 Å². The van der Waals surface area contributed by atoms with Gasteiger partial charge in [0.2, 0.25) is 5.91 Å². The molecule has 0 radical (unpaired) electrons. The van der Waals surface area contributed by atoms with Crippen LogP contribution in [0, 0.1) is 0 Å². The van der Waals surface area contributed by atoms with Gasteiger partial charge in [-0.05, 0) is 30.5 Å². The lowest BCUT2D eigenvalue weighted by atomic mass is 10.0. The van der Waals surface area contributed by atoms with Crippen molar-refractivity contribution < 1.29 is 23.9 Å². The molecular formula is C24H26N2O5. The number of furan rings is 1. The summed E-state index contributed by atoms with van der Waals surface area (Å²) in [6.45, 7) is 0.421. The number of rotatable bonds is 11. The lowest BCUT2D eigenvalue weighted by Gasteiger charge is -2.18. The zero-order valence-corrected chi connectivity index (χ0v) is 17.2. The van der Waals surface area contributed by atoms with Crippen LogP contribution >= 0.6 is 0 Å². The zero-order valence-electron chi connectivity index (χ0n) is 17.2. The van der Waals surface area contributed by atoms with Gasteiger partial charge in [-0.2, -0.15) is 0 Å². The first-order valence-electron chi connectivity index (χ1n) is 10.4. The molecule has 1 aromatic heterocycles. The highest BCUT2D eigenvalue weighted by molar-refractivity contribution is 5.98. The van der Waals surface area contributed by atoms with Gasteiger partial charge in [0.25, 0.3) is 5.91 Å². The minimum Gasteiger partial charge on any atom is -0.481 e. The molecule has 7 nitrogen and oxygen atoms in total. The molecule has 3 aromatic rings. The number of carboxylic acids is 1. The number of nitrogens with one attached hydrogen (secondary N) is 2. The van der Waals surface area contributed by atoms with Crippen molar-refractivity contribution in [2.24, 2.45) is 0 Å². The lowest BCUT2D eigenvalue weighted by molar-refractivity contribution is -0.137. The van der Waals surface area contributed by atoms with E-state index in [1.165, 1.54) is 0 Å². The number of carbonyl (C=O) groups is 3. The Labute approximate surface area is 180 Å². The molecule has 31 heavy (non-hydrogen) atoms. The summed E-state index contributed by atoms with van der Waals surface area (Å²) in [7, 11) is 0. The minimum atomic E-state index is -0.819. The Morgan fingerprint density at radius 2 is 1.68 bits per heavy atom. The summed E-state index contributed by atoms with van der Waals surface area (Å²) in [6.07, 6.45) is 2.42. The second-order valence-electron chi connectivity index (χ2n) is 7.36. The molecule has 0 fully saturated rings. The number of benzene rings is 2. The predicted octanol–water partition coefficient (Wildman–Crippen LogP) is 3.54. The van der Waals surface area contributed by atoms with Crippen LogP contribution in [-0.2, 0) is 16.0 Å². The summed E-state index contributed by atoms with van der Waals surface area (Å²) >= 11 is 0. The average molecular weight is 422 g/mol. The Hall–Kier alpha value is -3.61. The largest absolute Gasteiger partial charge is 0.481 e. The van der Waals surface area contributed by atoms with Gasteiger partial charge in [0.1, 0.15) is 11.6 Å². The van der Waals surface area contributed by atoms with Crippen molar-refractivity contribution in [1.82, 2.24) is 10.6 Å². The van der Waals surface area contributed by atoms with Crippen molar-refractivity contribution in [3.63, 3.8) is 0 Å². The molecule has 162 valence electrons. The van der Waals surface area contributed by atoms with E-state index in [0.29, 0.717) is 37.8 Å². The van der Waals surface area contributed by atoms with Gasteiger partial charge >= 0.3 is 5.97 Å². The number of para-hydroxylation sites is 1. The van der Waals surface area contributed by atoms with Crippen molar-refractivity contribution in [3.8, 4) is 0 Å². The van der Waals surface area contributed by atoms with Gasteiger partial charge in [-0.15, -0.1) is 0 Å². The summed E-state index contributed by atoms with van der Waals surface area (Å²) < 4.78 is 5.61. The maximum atomic E-state index is 12.8. The third kappa shape index (κ3) is 6.70. The molecule has 2 amide bonds. The molecule has 1 heterocycles. The highest BCUT2D eigenvalue weighted by Crippen LogP contribution is 2.19. The van der Waals surface area contributed by atoms with Crippen LogP contribution < -0.4 is 10.6 Å². The molecule has 0 saturated heterocycles. The van der Waals surface area contributed by atoms with E-state index in [1.807, 2.05) is 48.5 Å². The Morgan fingerprint density at radius 1 is 0.935 bits per heavy atom. The number of aliphatic carboxylic acids is 1. The van der Waals surface area contributed by atoms with E-state index < -0.39 is 17.9 Å². The fourth-order valence-electron chi connectivity index (χ4n) is 3.30. The quantitative estimate of drug-likeness (QED) is 0.410. The minimum absolute atomic E-state index is 0.123. The molecule has 0 spiro atoms. The van der Waals surface area contributed by atoms with Crippen molar-refractivity contribution in [1.29, 1.82) is 0 Å². The first kappa shape index (κ1) is 22.1. The van der Waals surface area contributed by atoms with Gasteiger partial charge in [-0.1, -0.05) is 55.0 Å². The van der Waals surface area contributed by atoms with Crippen molar-refractivity contribution >= 4 is 28.8 Å². The normalized spacial score (nSPS) is 11.7. The van der Waals surface area contributed by atoms with Crippen LogP contribution in [0.25, 0.3) is 11.0 Å². The van der Waals surface area contributed by atoms with Gasteiger partial charge in [-0.3, -0.25) is 14.4 Å². The van der Waals surface area contributed by atoms with Crippen molar-refractivity contribution in [2.45, 2.75) is 38.1 Å². The fourth-order valence-corrected chi connectivity index (χ4v) is 3.30. The molecule has 0 aliphatic heterocycles. The van der Waals surface area contributed by atoms with E-state index >= 15 is 0 Å². The molecule has 0 bridgehead atoms. The molecule has 7 heteroatoms. The molecule has 0 aliphatic rings. The smallest absolute Gasteiger partial charge is 0.303 e. The number of hydrogen-bond donors (Lipinski definition) is 3. The summed E-state index contributed by atoms with van der Waals surface area (Å²) in [5, 5.41) is 15.1. The average Bonchev–Trinajstić information content (AvgIpc) is 3.20. The van der Waals surface area contributed by atoms with Crippen LogP contribution in [0.4, 0.5) is 0 Å². The number of amides is 2. The Balaban J connectivity index is 1.62. The van der Waals surface area contributed by atoms with Crippen LogP contribution in [0.5, 0.6) is 0 Å². The molecule has 0 saturated carbocycles. The first-order valence-corrected chi connectivity index (χ1v) is 10.4. The monoisotopic (exact) mass is 422 g/mol. The maximum absolute atomic E-state index is 12.8. The summed E-state index contributed by atoms with van der Waals surface area (Å²) in [5.74, 6) is -1.40. The number of unbranched alkanes of at least 4 members (excludes halogenated alkanes) is 2. The Kier molecular flexibility index (Phi) is 7.81. The fraction of sp³-hybridized carbons (Fsp3) is 0.292. The van der Waals surface area contributed by atoms with Crippen LogP contribution in [-0.4, -0.2) is 35.5 Å². The molecule has 3 N–H and O–H groups in total. The SMILES string of the molecule is O=C(O)CCCCCNC(=O)[C@H](Cc1ccccc1)NC(=O)c1cc2ccccc2o1. The number of hydrogen-bond acceptors (Lipinski definition) is 4. The highest BCUT2D eigenvalue weighted by atomic mass is 16.4. The van der Waals surface area contributed by atoms with Crippen LogP contribution in [0.15, 0.2) is 65.1 Å². The highest BCUT2D eigenvalue weighted by Gasteiger charge is 2.23. The second kappa shape index (κ2) is 11.0. The van der Waals surface area contributed by atoms with Gasteiger partial charge in [0.05, 0.1) is 0 Å². The third-order valence-electron chi connectivity index (χ3n) is 4.92. The number of fused-ring (bicyclic) bond motifs is 1. The number of carboxylic acid groups (broad SMARTS) is 1.